The van der Waals surface area contributed by atoms with Crippen molar-refractivity contribution >= 4 is 17.5 Å². The molecule has 2 aliphatic rings. The molecule has 0 N–H and O–H groups in total. The Morgan fingerprint density at radius 1 is 1.19 bits per heavy atom. The number of pyridine rings is 1. The van der Waals surface area contributed by atoms with Gasteiger partial charge in [-0.25, -0.2) is 4.98 Å². The van der Waals surface area contributed by atoms with Crippen molar-refractivity contribution in [2.45, 2.75) is 32.1 Å². The van der Waals surface area contributed by atoms with Gasteiger partial charge < -0.3 is 23.8 Å². The van der Waals surface area contributed by atoms with Crippen LogP contribution in [0.1, 0.15) is 38.0 Å². The van der Waals surface area contributed by atoms with E-state index in [1.807, 2.05) is 42.2 Å². The zero-order valence-corrected chi connectivity index (χ0v) is 20.4. The summed E-state index contributed by atoms with van der Waals surface area (Å²) in [6, 6.07) is 11.3. The molecule has 2 fully saturated rings. The third-order valence-corrected chi connectivity index (χ3v) is 6.72. The van der Waals surface area contributed by atoms with Gasteiger partial charge in [0.1, 0.15) is 0 Å². The van der Waals surface area contributed by atoms with E-state index >= 15 is 0 Å². The van der Waals surface area contributed by atoms with E-state index < -0.39 is 0 Å². The average Bonchev–Trinajstić information content (AvgIpc) is 3.57. The van der Waals surface area contributed by atoms with E-state index in [1.54, 1.807) is 24.3 Å². The zero-order valence-electron chi connectivity index (χ0n) is 20.4. The van der Waals surface area contributed by atoms with Crippen molar-refractivity contribution in [3.63, 3.8) is 0 Å². The van der Waals surface area contributed by atoms with Crippen molar-refractivity contribution in [2.75, 3.05) is 38.3 Å². The number of aromatic nitrogens is 3. The van der Waals surface area contributed by atoms with Crippen molar-refractivity contribution in [1.82, 2.24) is 20.0 Å². The van der Waals surface area contributed by atoms with Crippen LogP contribution in [0.5, 0.6) is 11.6 Å². The first-order valence-electron chi connectivity index (χ1n) is 12.2. The number of nitrogens with zero attached hydrogens (tertiary/aromatic N) is 5. The Balaban J connectivity index is 1.19. The normalized spacial score (nSPS) is 18.5. The molecule has 2 aromatic heterocycles. The first-order chi connectivity index (χ1) is 17.6. The molecule has 2 aliphatic heterocycles. The van der Waals surface area contributed by atoms with E-state index in [0.717, 1.165) is 18.5 Å². The predicted molar refractivity (Wildman–Crippen MR) is 131 cm³/mol. The lowest BCUT2D eigenvalue weighted by atomic mass is 9.95. The Labute approximate surface area is 209 Å². The van der Waals surface area contributed by atoms with Gasteiger partial charge in [0.25, 0.3) is 5.88 Å². The molecular weight excluding hydrogens is 462 g/mol. The minimum atomic E-state index is -0.314. The van der Waals surface area contributed by atoms with Crippen molar-refractivity contribution < 1.29 is 23.6 Å². The highest BCUT2D eigenvalue weighted by Gasteiger charge is 2.38. The molecule has 10 nitrogen and oxygen atoms in total. The highest BCUT2D eigenvalue weighted by atomic mass is 16.5. The molecule has 0 saturated carbocycles. The number of hydrogen-bond donors (Lipinski definition) is 0. The molecule has 1 atom stereocenters. The first-order valence-corrected chi connectivity index (χ1v) is 12.2. The Morgan fingerprint density at radius 2 is 1.97 bits per heavy atom. The van der Waals surface area contributed by atoms with E-state index in [0.29, 0.717) is 55.1 Å². The van der Waals surface area contributed by atoms with Crippen LogP contribution in [0.2, 0.25) is 0 Å². The summed E-state index contributed by atoms with van der Waals surface area (Å²) in [6.07, 6.45) is 3.33. The maximum Gasteiger partial charge on any atom is 0.256 e. The second-order valence-corrected chi connectivity index (χ2v) is 8.96. The van der Waals surface area contributed by atoms with Crippen LogP contribution in [0.3, 0.4) is 0 Å². The van der Waals surface area contributed by atoms with Crippen molar-refractivity contribution in [1.29, 1.82) is 0 Å². The first kappa shape index (κ1) is 23.8. The highest BCUT2D eigenvalue weighted by Crippen LogP contribution is 2.33. The molecule has 4 heterocycles. The quantitative estimate of drug-likeness (QED) is 0.495. The minimum absolute atomic E-state index is 0.00626. The fourth-order valence-electron chi connectivity index (χ4n) is 4.80. The smallest absolute Gasteiger partial charge is 0.256 e. The summed E-state index contributed by atoms with van der Waals surface area (Å²) < 4.78 is 16.4. The lowest BCUT2D eigenvalue weighted by Crippen LogP contribution is -2.42. The van der Waals surface area contributed by atoms with Crippen LogP contribution >= 0.6 is 0 Å². The van der Waals surface area contributed by atoms with Crippen LogP contribution in [0.15, 0.2) is 47.1 Å². The number of piperidine rings is 1. The Morgan fingerprint density at radius 3 is 2.69 bits per heavy atom. The largest absolute Gasteiger partial charge is 0.491 e. The number of anilines is 1. The van der Waals surface area contributed by atoms with Crippen LogP contribution in [-0.2, 0) is 9.59 Å². The molecule has 0 spiro atoms. The van der Waals surface area contributed by atoms with E-state index in [4.69, 9.17) is 14.0 Å². The third-order valence-electron chi connectivity index (χ3n) is 6.72. The number of hydrogen-bond acceptors (Lipinski definition) is 8. The van der Waals surface area contributed by atoms with Crippen LogP contribution in [0.4, 0.5) is 5.69 Å². The molecule has 1 aromatic carbocycles. The number of carbonyl (C=O) groups is 2. The van der Waals surface area contributed by atoms with Crippen LogP contribution in [0, 0.1) is 5.92 Å². The van der Waals surface area contributed by atoms with Gasteiger partial charge in [-0.1, -0.05) is 23.4 Å². The lowest BCUT2D eigenvalue weighted by molar-refractivity contribution is -0.136. The van der Waals surface area contributed by atoms with Gasteiger partial charge in [0, 0.05) is 49.4 Å². The molecule has 0 radical (unpaired) electrons. The predicted octanol–water partition coefficient (Wildman–Crippen LogP) is 3.30. The number of para-hydroxylation sites is 1. The maximum absolute atomic E-state index is 13.2. The molecule has 2 amide bonds. The highest BCUT2D eigenvalue weighted by molar-refractivity contribution is 6.00. The van der Waals surface area contributed by atoms with Gasteiger partial charge in [-0.2, -0.15) is 4.98 Å². The van der Waals surface area contributed by atoms with E-state index in [2.05, 4.69) is 15.1 Å². The summed E-state index contributed by atoms with van der Waals surface area (Å²) >= 11 is 0. The standard InChI is InChI=1S/C26H29N5O5/c1-3-35-25-21(34-2)13-18(15-27-25)23-28-24(36-29-23)17-9-11-30(12-10-17)26(33)19-14-22(32)31(16-19)20-7-5-4-6-8-20/h4-8,13,15,17,19H,3,9-12,14,16H2,1-2H3. The Hall–Kier alpha value is -3.95. The summed E-state index contributed by atoms with van der Waals surface area (Å²) in [5.74, 6) is 1.70. The molecule has 0 bridgehead atoms. The van der Waals surface area contributed by atoms with Crippen molar-refractivity contribution in [3.05, 3.63) is 48.5 Å². The van der Waals surface area contributed by atoms with Gasteiger partial charge in [0.05, 0.1) is 19.6 Å². The van der Waals surface area contributed by atoms with Gasteiger partial charge >= 0.3 is 0 Å². The zero-order chi connectivity index (χ0) is 25.1. The number of ether oxygens (including phenoxy) is 2. The molecule has 36 heavy (non-hydrogen) atoms. The fourth-order valence-corrected chi connectivity index (χ4v) is 4.80. The lowest BCUT2D eigenvalue weighted by Gasteiger charge is -2.32. The van der Waals surface area contributed by atoms with E-state index in [-0.39, 0.29) is 30.1 Å². The molecule has 5 rings (SSSR count). The van der Waals surface area contributed by atoms with Crippen LogP contribution in [0.25, 0.3) is 11.4 Å². The number of likely N-dealkylation sites (tertiary alicyclic amines) is 1. The molecule has 3 aromatic rings. The summed E-state index contributed by atoms with van der Waals surface area (Å²) in [7, 11) is 1.56. The SMILES string of the molecule is CCOc1ncc(-c2noc(C3CCN(C(=O)C4CC(=O)N(c5ccccc5)C4)CC3)n2)cc1OC. The summed E-state index contributed by atoms with van der Waals surface area (Å²) in [4.78, 5) is 38.1. The maximum atomic E-state index is 13.2. The second-order valence-electron chi connectivity index (χ2n) is 8.96. The van der Waals surface area contributed by atoms with Crippen LogP contribution in [-0.4, -0.2) is 65.2 Å². The Bertz CT molecular complexity index is 1220. The summed E-state index contributed by atoms with van der Waals surface area (Å²) in [6.45, 7) is 3.98. The number of methoxy groups -OCH3 is 1. The minimum Gasteiger partial charge on any atom is -0.491 e. The Kier molecular flexibility index (Phi) is 6.84. The summed E-state index contributed by atoms with van der Waals surface area (Å²) in [5.41, 5.74) is 1.51. The second kappa shape index (κ2) is 10.3. The average molecular weight is 492 g/mol. The molecule has 1 unspecified atom stereocenters. The number of carbonyl (C=O) groups excluding carboxylic acids is 2. The fraction of sp³-hybridized carbons (Fsp3) is 0.423. The van der Waals surface area contributed by atoms with Crippen LogP contribution < -0.4 is 14.4 Å². The third kappa shape index (κ3) is 4.75. The number of amides is 2. The van der Waals surface area contributed by atoms with Gasteiger partial charge in [-0.15, -0.1) is 0 Å². The molecule has 10 heteroatoms. The molecule has 2 saturated heterocycles. The molecule has 0 aliphatic carbocycles. The monoisotopic (exact) mass is 491 g/mol. The van der Waals surface area contributed by atoms with Gasteiger partial charge in [-0.05, 0) is 38.0 Å². The van der Waals surface area contributed by atoms with E-state index in [9.17, 15) is 9.59 Å². The van der Waals surface area contributed by atoms with Crippen molar-refractivity contribution in [3.8, 4) is 23.0 Å². The van der Waals surface area contributed by atoms with Gasteiger partial charge in [-0.3, -0.25) is 9.59 Å². The molecular formula is C26H29N5O5. The van der Waals surface area contributed by atoms with E-state index in [1.165, 1.54) is 0 Å². The topological polar surface area (TPSA) is 111 Å². The number of benzene rings is 1. The molecule has 188 valence electrons. The van der Waals surface area contributed by atoms with Crippen molar-refractivity contribution in [2.24, 2.45) is 5.92 Å². The summed E-state index contributed by atoms with van der Waals surface area (Å²) in [5, 5.41) is 4.13. The van der Waals surface area contributed by atoms with Gasteiger partial charge in [0.2, 0.25) is 23.5 Å². The number of rotatable bonds is 7. The van der Waals surface area contributed by atoms with Gasteiger partial charge in [0.15, 0.2) is 5.75 Å².